The number of nitrogens with zero attached hydrogens (tertiary/aromatic N) is 1. The van der Waals surface area contributed by atoms with Gasteiger partial charge in [-0.25, -0.2) is 4.79 Å². The van der Waals surface area contributed by atoms with E-state index < -0.39 is 5.97 Å². The third-order valence-electron chi connectivity index (χ3n) is 0.561. The summed E-state index contributed by atoms with van der Waals surface area (Å²) in [4.78, 5) is 13.4. The predicted molar refractivity (Wildman–Crippen MR) is 23.1 cm³/mol. The van der Waals surface area contributed by atoms with Crippen LogP contribution >= 0.6 is 0 Å². The van der Waals surface area contributed by atoms with Gasteiger partial charge < -0.3 is 4.84 Å². The molecule has 0 aliphatic heterocycles. The van der Waals surface area contributed by atoms with E-state index in [-0.39, 0.29) is 5.92 Å². The lowest BCUT2D eigenvalue weighted by atomic mass is 10.2. The van der Waals surface area contributed by atoms with E-state index in [1.54, 1.807) is 13.8 Å². The van der Waals surface area contributed by atoms with Gasteiger partial charge in [-0.15, -0.1) is 0 Å². The Labute approximate surface area is 42.4 Å². The van der Waals surface area contributed by atoms with E-state index in [1.807, 2.05) is 0 Å². The van der Waals surface area contributed by atoms with Crippen LogP contribution in [0.2, 0.25) is 0 Å². The van der Waals surface area contributed by atoms with Crippen molar-refractivity contribution in [1.82, 2.24) is 5.90 Å². The van der Waals surface area contributed by atoms with Crippen molar-refractivity contribution >= 4 is 5.97 Å². The highest BCUT2D eigenvalue weighted by Crippen LogP contribution is 1.91. The molecule has 0 bridgehead atoms. The molecule has 40 valence electrons. The highest BCUT2D eigenvalue weighted by Gasteiger charge is 2.05. The van der Waals surface area contributed by atoms with Crippen molar-refractivity contribution in [1.29, 1.82) is 0 Å². The first-order valence-electron chi connectivity index (χ1n) is 2.03. The van der Waals surface area contributed by atoms with Gasteiger partial charge in [-0.05, 0) is 0 Å². The molecule has 3 heteroatoms. The van der Waals surface area contributed by atoms with Crippen molar-refractivity contribution in [3.63, 3.8) is 0 Å². The maximum absolute atomic E-state index is 10.0. The molecule has 3 nitrogen and oxygen atoms in total. The Hall–Kier alpha value is -0.570. The second-order valence-electron chi connectivity index (χ2n) is 1.57. The van der Waals surface area contributed by atoms with E-state index in [9.17, 15) is 4.79 Å². The lowest BCUT2D eigenvalue weighted by Gasteiger charge is -1.94. The van der Waals surface area contributed by atoms with Gasteiger partial charge >= 0.3 is 5.97 Å². The third kappa shape index (κ3) is 2.17. The molecular formula is C4H7NO2. The Bertz CT molecular complexity index is 70.1. The van der Waals surface area contributed by atoms with E-state index in [0.717, 1.165) is 0 Å². The molecule has 0 atom stereocenters. The van der Waals surface area contributed by atoms with Crippen LogP contribution in [0.5, 0.6) is 0 Å². The van der Waals surface area contributed by atoms with E-state index in [0.29, 0.717) is 0 Å². The second-order valence-corrected chi connectivity index (χ2v) is 1.57. The molecule has 0 unspecified atom stereocenters. The zero-order valence-corrected chi connectivity index (χ0v) is 4.34. The Morgan fingerprint density at radius 1 is 1.71 bits per heavy atom. The fourth-order valence-electron chi connectivity index (χ4n) is 0.105. The zero-order chi connectivity index (χ0) is 5.86. The molecule has 0 rings (SSSR count). The van der Waals surface area contributed by atoms with Crippen molar-refractivity contribution in [2.75, 3.05) is 0 Å². The summed E-state index contributed by atoms with van der Waals surface area (Å²) in [7, 11) is 0. The average Bonchev–Trinajstić information content (AvgIpc) is 1.65. The number of hydrogen-bond donors (Lipinski definition) is 0. The molecule has 0 saturated heterocycles. The molecule has 0 aliphatic carbocycles. The number of carbonyl (C=O) groups excluding carboxylic acids is 1. The van der Waals surface area contributed by atoms with Gasteiger partial charge in [0.15, 0.2) is 0 Å². The molecule has 7 heavy (non-hydrogen) atoms. The fraction of sp³-hybridized carbons (Fsp3) is 0.750. The SMILES string of the molecule is CC(C)C(=O)O[N]. The second kappa shape index (κ2) is 2.58. The van der Waals surface area contributed by atoms with Crippen LogP contribution in [0, 0.1) is 5.92 Å². The van der Waals surface area contributed by atoms with Gasteiger partial charge in [-0.3, -0.25) is 0 Å². The number of hydrogen-bond acceptors (Lipinski definition) is 2. The van der Waals surface area contributed by atoms with Crippen LogP contribution in [-0.4, -0.2) is 5.97 Å². The summed E-state index contributed by atoms with van der Waals surface area (Å²) in [6.45, 7) is 3.27. The summed E-state index contributed by atoms with van der Waals surface area (Å²) in [5.41, 5.74) is 0. The normalized spacial score (nSPS) is 9.14. The fourth-order valence-corrected chi connectivity index (χ4v) is 0.105. The lowest BCUT2D eigenvalue weighted by molar-refractivity contribution is -0.149. The minimum atomic E-state index is -0.597. The average molecular weight is 101 g/mol. The summed E-state index contributed by atoms with van der Waals surface area (Å²) >= 11 is 0. The van der Waals surface area contributed by atoms with Crippen LogP contribution in [0.1, 0.15) is 13.8 Å². The molecule has 0 aromatic rings. The first kappa shape index (κ1) is 6.43. The molecule has 0 aromatic heterocycles. The van der Waals surface area contributed by atoms with E-state index in [1.165, 1.54) is 0 Å². The molecule has 0 fully saturated rings. The third-order valence-corrected chi connectivity index (χ3v) is 0.561. The van der Waals surface area contributed by atoms with Gasteiger partial charge in [0.05, 0.1) is 5.92 Å². The summed E-state index contributed by atoms with van der Waals surface area (Å²) in [5.74, 6) is 6.81. The molecule has 2 radical (unpaired) electrons. The Morgan fingerprint density at radius 2 is 2.14 bits per heavy atom. The number of rotatable bonds is 1. The summed E-state index contributed by atoms with van der Waals surface area (Å²) < 4.78 is 0. The van der Waals surface area contributed by atoms with Crippen LogP contribution in [0.3, 0.4) is 0 Å². The Balaban J connectivity index is 3.35. The molecule has 0 aliphatic rings. The zero-order valence-electron chi connectivity index (χ0n) is 4.34. The van der Waals surface area contributed by atoms with Gasteiger partial charge in [-0.1, -0.05) is 13.8 Å². The van der Waals surface area contributed by atoms with Crippen molar-refractivity contribution < 1.29 is 9.63 Å². The quantitative estimate of drug-likeness (QED) is 0.442. The summed E-state index contributed by atoms with van der Waals surface area (Å²) in [6, 6.07) is 0. The topological polar surface area (TPSA) is 48.6 Å². The molecule has 0 N–H and O–H groups in total. The van der Waals surface area contributed by atoms with E-state index in [4.69, 9.17) is 5.90 Å². The predicted octanol–water partition coefficient (Wildman–Crippen LogP) is 0.169. The minimum Gasteiger partial charge on any atom is -0.329 e. The smallest absolute Gasteiger partial charge is 0.329 e. The summed E-state index contributed by atoms with van der Waals surface area (Å²) in [5, 5.41) is 0. The van der Waals surface area contributed by atoms with Crippen LogP contribution in [0.4, 0.5) is 0 Å². The van der Waals surface area contributed by atoms with E-state index in [2.05, 4.69) is 4.84 Å². The van der Waals surface area contributed by atoms with Crippen molar-refractivity contribution in [2.45, 2.75) is 13.8 Å². The van der Waals surface area contributed by atoms with Crippen molar-refractivity contribution in [2.24, 2.45) is 5.92 Å². The lowest BCUT2D eigenvalue weighted by Crippen LogP contribution is -2.09. The molecule has 0 heterocycles. The van der Waals surface area contributed by atoms with Crippen LogP contribution in [0.25, 0.3) is 0 Å². The van der Waals surface area contributed by atoms with Crippen LogP contribution in [-0.2, 0) is 9.63 Å². The molecule has 0 spiro atoms. The van der Waals surface area contributed by atoms with Gasteiger partial charge in [0.2, 0.25) is 0 Å². The highest BCUT2D eigenvalue weighted by atomic mass is 16.7. The molecule has 0 aromatic carbocycles. The Kier molecular flexibility index (Phi) is 2.37. The van der Waals surface area contributed by atoms with E-state index >= 15 is 0 Å². The highest BCUT2D eigenvalue weighted by molar-refractivity contribution is 5.70. The van der Waals surface area contributed by atoms with Gasteiger partial charge in [-0.2, -0.15) is 0 Å². The molecular weight excluding hydrogens is 94.0 g/mol. The first-order valence-corrected chi connectivity index (χ1v) is 2.03. The number of carbonyl (C=O) groups is 1. The minimum absolute atomic E-state index is 0.245. The van der Waals surface area contributed by atoms with Crippen molar-refractivity contribution in [3.05, 3.63) is 0 Å². The summed E-state index contributed by atoms with van der Waals surface area (Å²) in [6.07, 6.45) is 0. The Morgan fingerprint density at radius 3 is 2.14 bits per heavy atom. The molecule has 0 amide bonds. The standard InChI is InChI=1S/C4H7NO2/c1-3(2)4(6)7-5/h3H,1-2H3. The monoisotopic (exact) mass is 101 g/mol. The van der Waals surface area contributed by atoms with Gasteiger partial charge in [0, 0.05) is 0 Å². The van der Waals surface area contributed by atoms with Crippen LogP contribution in [0.15, 0.2) is 0 Å². The maximum Gasteiger partial charge on any atom is 0.331 e. The molecule has 0 saturated carbocycles. The van der Waals surface area contributed by atoms with Gasteiger partial charge in [0.25, 0.3) is 0 Å². The van der Waals surface area contributed by atoms with Gasteiger partial charge in [0.1, 0.15) is 5.90 Å². The van der Waals surface area contributed by atoms with Crippen LogP contribution < -0.4 is 5.90 Å². The maximum atomic E-state index is 10.0. The largest absolute Gasteiger partial charge is 0.331 e. The first-order chi connectivity index (χ1) is 3.18. The van der Waals surface area contributed by atoms with Crippen molar-refractivity contribution in [3.8, 4) is 0 Å².